The standard InChI is InChI=1S/C26H25F3N6O2/c1-14-11-16(12-15(2)22(14)36)13-31-24-21(23(30)37)25(35-34-24)33-20-9-7-19(8-10-20)32-18-5-3-17(4-6-18)26(27,28)29/h3-12,32,36H,13H2,1-2H3,(H2,30,37)(H3,31,33,34,35). The Hall–Kier alpha value is -4.67. The number of carbonyl (C=O) groups excluding carboxylic acids is 1. The lowest BCUT2D eigenvalue weighted by atomic mass is 10.1. The Bertz CT molecular complexity index is 1390. The Labute approximate surface area is 210 Å². The zero-order chi connectivity index (χ0) is 26.7. The van der Waals surface area contributed by atoms with Crippen LogP contribution in [-0.2, 0) is 12.7 Å². The number of halogens is 3. The molecule has 0 unspecified atom stereocenters. The van der Waals surface area contributed by atoms with Gasteiger partial charge in [-0.05, 0) is 79.1 Å². The van der Waals surface area contributed by atoms with E-state index >= 15 is 0 Å². The van der Waals surface area contributed by atoms with E-state index in [1.165, 1.54) is 12.1 Å². The molecule has 0 saturated heterocycles. The third-order valence-electron chi connectivity index (χ3n) is 5.68. The zero-order valence-corrected chi connectivity index (χ0v) is 20.0. The number of primary amides is 1. The lowest BCUT2D eigenvalue weighted by Gasteiger charge is -2.11. The summed E-state index contributed by atoms with van der Waals surface area (Å²) < 4.78 is 38.2. The van der Waals surface area contributed by atoms with Crippen molar-refractivity contribution in [1.82, 2.24) is 10.2 Å². The summed E-state index contributed by atoms with van der Waals surface area (Å²) in [6.07, 6.45) is -4.39. The molecule has 1 aromatic heterocycles. The number of aryl methyl sites for hydroxylation is 2. The van der Waals surface area contributed by atoms with Crippen LogP contribution in [0.4, 0.5) is 41.9 Å². The first-order valence-corrected chi connectivity index (χ1v) is 11.2. The van der Waals surface area contributed by atoms with Crippen molar-refractivity contribution < 1.29 is 23.1 Å². The normalized spacial score (nSPS) is 11.3. The summed E-state index contributed by atoms with van der Waals surface area (Å²) in [6.45, 7) is 3.99. The van der Waals surface area contributed by atoms with E-state index in [-0.39, 0.29) is 17.1 Å². The molecule has 0 aliphatic heterocycles. The fourth-order valence-electron chi connectivity index (χ4n) is 3.82. The van der Waals surface area contributed by atoms with Crippen LogP contribution in [0.1, 0.15) is 32.6 Å². The van der Waals surface area contributed by atoms with E-state index in [9.17, 15) is 23.1 Å². The lowest BCUT2D eigenvalue weighted by molar-refractivity contribution is -0.137. The number of aromatic hydroxyl groups is 1. The minimum absolute atomic E-state index is 0.152. The summed E-state index contributed by atoms with van der Waals surface area (Å²) >= 11 is 0. The number of anilines is 5. The number of phenols is 1. The number of carbonyl (C=O) groups is 1. The lowest BCUT2D eigenvalue weighted by Crippen LogP contribution is -2.15. The van der Waals surface area contributed by atoms with Gasteiger partial charge in [-0.15, -0.1) is 0 Å². The molecule has 1 heterocycles. The highest BCUT2D eigenvalue weighted by molar-refractivity contribution is 6.03. The molecule has 0 atom stereocenters. The fraction of sp³-hybridized carbons (Fsp3) is 0.154. The molecule has 1 amide bonds. The van der Waals surface area contributed by atoms with Gasteiger partial charge in [-0.2, -0.15) is 18.3 Å². The van der Waals surface area contributed by atoms with Crippen molar-refractivity contribution in [1.29, 1.82) is 0 Å². The molecule has 37 heavy (non-hydrogen) atoms. The van der Waals surface area contributed by atoms with Gasteiger partial charge in [0.15, 0.2) is 5.82 Å². The highest BCUT2D eigenvalue weighted by Gasteiger charge is 2.29. The summed E-state index contributed by atoms with van der Waals surface area (Å²) in [6, 6.07) is 15.3. The van der Waals surface area contributed by atoms with E-state index in [0.29, 0.717) is 29.4 Å². The number of nitrogens with zero attached hydrogens (tertiary/aromatic N) is 1. The third kappa shape index (κ3) is 5.95. The van der Waals surface area contributed by atoms with Crippen molar-refractivity contribution in [2.75, 3.05) is 16.0 Å². The van der Waals surface area contributed by atoms with E-state index < -0.39 is 17.6 Å². The molecule has 11 heteroatoms. The summed E-state index contributed by atoms with van der Waals surface area (Å²) in [7, 11) is 0. The van der Waals surface area contributed by atoms with Gasteiger partial charge in [-0.1, -0.05) is 12.1 Å². The van der Waals surface area contributed by atoms with Crippen molar-refractivity contribution in [3.05, 3.63) is 88.5 Å². The van der Waals surface area contributed by atoms with Crippen molar-refractivity contribution in [2.24, 2.45) is 5.73 Å². The first-order valence-electron chi connectivity index (χ1n) is 11.2. The van der Waals surface area contributed by atoms with Crippen LogP contribution < -0.4 is 21.7 Å². The zero-order valence-electron chi connectivity index (χ0n) is 20.0. The van der Waals surface area contributed by atoms with Crippen LogP contribution in [0.5, 0.6) is 5.75 Å². The average molecular weight is 511 g/mol. The summed E-state index contributed by atoms with van der Waals surface area (Å²) in [4.78, 5) is 12.2. The van der Waals surface area contributed by atoms with Crippen molar-refractivity contribution in [2.45, 2.75) is 26.6 Å². The Balaban J connectivity index is 1.44. The number of rotatable bonds is 8. The van der Waals surface area contributed by atoms with E-state index in [2.05, 4.69) is 26.1 Å². The number of alkyl halides is 3. The predicted molar refractivity (Wildman–Crippen MR) is 136 cm³/mol. The topological polar surface area (TPSA) is 128 Å². The molecular weight excluding hydrogens is 485 g/mol. The van der Waals surface area contributed by atoms with Gasteiger partial charge >= 0.3 is 6.18 Å². The Morgan fingerprint density at radius 1 is 0.946 bits per heavy atom. The van der Waals surface area contributed by atoms with Crippen LogP contribution in [0.15, 0.2) is 60.7 Å². The van der Waals surface area contributed by atoms with E-state index in [4.69, 9.17) is 5.73 Å². The van der Waals surface area contributed by atoms with Gasteiger partial charge in [0.05, 0.1) is 5.56 Å². The number of phenolic OH excluding ortho intramolecular Hbond substituents is 1. The van der Waals surface area contributed by atoms with Crippen LogP contribution in [-0.4, -0.2) is 21.2 Å². The average Bonchev–Trinajstić information content (AvgIpc) is 3.24. The molecule has 0 spiro atoms. The highest BCUT2D eigenvalue weighted by Crippen LogP contribution is 2.31. The molecule has 0 aliphatic rings. The molecule has 7 N–H and O–H groups in total. The summed E-state index contributed by atoms with van der Waals surface area (Å²) in [5, 5.41) is 26.1. The number of amides is 1. The van der Waals surface area contributed by atoms with Gasteiger partial charge in [-0.3, -0.25) is 9.89 Å². The molecule has 192 valence electrons. The maximum absolute atomic E-state index is 12.7. The molecule has 4 aromatic rings. The smallest absolute Gasteiger partial charge is 0.416 e. The molecule has 0 bridgehead atoms. The molecule has 0 fully saturated rings. The number of benzene rings is 3. The molecule has 0 saturated carbocycles. The summed E-state index contributed by atoms with van der Waals surface area (Å²) in [5.74, 6) is 0.142. The van der Waals surface area contributed by atoms with Crippen LogP contribution in [0, 0.1) is 13.8 Å². The van der Waals surface area contributed by atoms with Gasteiger partial charge in [0.1, 0.15) is 17.1 Å². The first-order chi connectivity index (χ1) is 17.5. The van der Waals surface area contributed by atoms with E-state index in [0.717, 1.165) is 28.8 Å². The van der Waals surface area contributed by atoms with Crippen LogP contribution >= 0.6 is 0 Å². The van der Waals surface area contributed by atoms with Gasteiger partial charge < -0.3 is 26.8 Å². The van der Waals surface area contributed by atoms with E-state index in [1.807, 2.05) is 26.0 Å². The van der Waals surface area contributed by atoms with Crippen molar-refractivity contribution in [3.63, 3.8) is 0 Å². The third-order valence-corrected chi connectivity index (χ3v) is 5.68. The number of hydrogen-bond acceptors (Lipinski definition) is 6. The number of aromatic nitrogens is 2. The largest absolute Gasteiger partial charge is 0.507 e. The Morgan fingerprint density at radius 2 is 1.46 bits per heavy atom. The molecule has 8 nitrogen and oxygen atoms in total. The number of H-pyrrole nitrogens is 1. The maximum Gasteiger partial charge on any atom is 0.416 e. The number of aromatic amines is 1. The number of nitrogens with one attached hydrogen (secondary N) is 4. The Morgan fingerprint density at radius 3 is 1.97 bits per heavy atom. The summed E-state index contributed by atoms with van der Waals surface area (Å²) in [5.41, 5.74) is 9.21. The van der Waals surface area contributed by atoms with E-state index in [1.54, 1.807) is 24.3 Å². The quantitative estimate of drug-likeness (QED) is 0.174. The van der Waals surface area contributed by atoms with Gasteiger partial charge in [0, 0.05) is 23.6 Å². The number of hydrogen-bond donors (Lipinski definition) is 6. The molecule has 3 aromatic carbocycles. The Kier molecular flexibility index (Phi) is 6.96. The van der Waals surface area contributed by atoms with Gasteiger partial charge in [-0.25, -0.2) is 0 Å². The minimum atomic E-state index is -4.39. The molecule has 0 radical (unpaired) electrons. The predicted octanol–water partition coefficient (Wildman–Crippen LogP) is 5.95. The van der Waals surface area contributed by atoms with Crippen LogP contribution in [0.25, 0.3) is 0 Å². The van der Waals surface area contributed by atoms with Crippen LogP contribution in [0.2, 0.25) is 0 Å². The highest BCUT2D eigenvalue weighted by atomic mass is 19.4. The number of nitrogens with two attached hydrogens (primary N) is 1. The molecule has 4 rings (SSSR count). The fourth-order valence-corrected chi connectivity index (χ4v) is 3.82. The van der Waals surface area contributed by atoms with Crippen molar-refractivity contribution >= 4 is 34.6 Å². The van der Waals surface area contributed by atoms with Gasteiger partial charge in [0.25, 0.3) is 5.91 Å². The van der Waals surface area contributed by atoms with Gasteiger partial charge in [0.2, 0.25) is 0 Å². The maximum atomic E-state index is 12.7. The first kappa shape index (κ1) is 25.4. The second kappa shape index (κ2) is 10.1. The second-order valence-corrected chi connectivity index (χ2v) is 8.52. The SMILES string of the molecule is Cc1cc(CNc2[nH]nc(Nc3ccc(Nc4ccc(C(F)(F)F)cc4)cc3)c2C(N)=O)cc(C)c1O. The van der Waals surface area contributed by atoms with Crippen LogP contribution in [0.3, 0.4) is 0 Å². The monoisotopic (exact) mass is 510 g/mol. The molecule has 0 aliphatic carbocycles. The minimum Gasteiger partial charge on any atom is -0.507 e. The second-order valence-electron chi connectivity index (χ2n) is 8.52. The molecular formula is C26H25F3N6O2. The van der Waals surface area contributed by atoms with Crippen molar-refractivity contribution in [3.8, 4) is 5.75 Å².